The van der Waals surface area contributed by atoms with Crippen molar-refractivity contribution in [3.05, 3.63) is 71.5 Å². The molecule has 1 atom stereocenters. The maximum absolute atomic E-state index is 12.9. The number of aromatic amines is 1. The summed E-state index contributed by atoms with van der Waals surface area (Å²) in [6.45, 7) is 5.30. The molecule has 1 fully saturated rings. The highest BCUT2D eigenvalue weighted by atomic mass is 16.5. The predicted molar refractivity (Wildman–Crippen MR) is 143 cm³/mol. The van der Waals surface area contributed by atoms with Gasteiger partial charge in [-0.3, -0.25) is 4.79 Å². The Bertz CT molecular complexity index is 1490. The molecule has 2 aromatic heterocycles. The van der Waals surface area contributed by atoms with Gasteiger partial charge in [0.05, 0.1) is 19.8 Å². The van der Waals surface area contributed by atoms with Crippen LogP contribution in [0, 0.1) is 0 Å². The molecule has 188 valence electrons. The standard InChI is InChI=1S/C30H30N4O3/c1-33-17-21-6-9-37-27-14-22(12-24(18-33)28(21)27)23-13-25-26(16-32-29(25)31-15-23)19-2-4-20(5-3-19)30(35)34-7-10-36-11-8-34/h2-5,12-16,21H,6-11,17-18H2,1H3,(H,31,32). The van der Waals surface area contributed by atoms with Crippen molar-refractivity contribution in [2.45, 2.75) is 18.9 Å². The van der Waals surface area contributed by atoms with Crippen LogP contribution in [0.3, 0.4) is 0 Å². The number of amides is 1. The van der Waals surface area contributed by atoms with E-state index in [9.17, 15) is 4.79 Å². The molecule has 5 heterocycles. The van der Waals surface area contributed by atoms with Gasteiger partial charge in [0.25, 0.3) is 5.91 Å². The molecule has 0 saturated carbocycles. The van der Waals surface area contributed by atoms with E-state index in [1.807, 2.05) is 41.6 Å². The number of morpholine rings is 1. The number of aromatic nitrogens is 2. The zero-order chi connectivity index (χ0) is 24.9. The van der Waals surface area contributed by atoms with E-state index in [2.05, 4.69) is 35.1 Å². The summed E-state index contributed by atoms with van der Waals surface area (Å²) < 4.78 is 11.5. The SMILES string of the molecule is CN1Cc2cc(-c3cnc4[nH]cc(-c5ccc(C(=O)N6CCOCC6)cc5)c4c3)cc3c2C(CCO3)C1. The molecule has 7 heteroatoms. The van der Waals surface area contributed by atoms with Crippen LogP contribution >= 0.6 is 0 Å². The van der Waals surface area contributed by atoms with E-state index in [1.54, 1.807) is 0 Å². The molecule has 7 nitrogen and oxygen atoms in total. The van der Waals surface area contributed by atoms with Gasteiger partial charge < -0.3 is 24.3 Å². The van der Waals surface area contributed by atoms with Crippen molar-refractivity contribution in [2.75, 3.05) is 46.5 Å². The Morgan fingerprint density at radius 1 is 1.03 bits per heavy atom. The molecule has 1 N–H and O–H groups in total. The van der Waals surface area contributed by atoms with Gasteiger partial charge in [0.2, 0.25) is 0 Å². The molecule has 7 rings (SSSR count). The van der Waals surface area contributed by atoms with E-state index in [4.69, 9.17) is 14.5 Å². The first-order valence-corrected chi connectivity index (χ1v) is 13.1. The molecule has 1 saturated heterocycles. The Morgan fingerprint density at radius 2 is 1.86 bits per heavy atom. The molecule has 0 radical (unpaired) electrons. The monoisotopic (exact) mass is 494 g/mol. The minimum absolute atomic E-state index is 0.0594. The molecule has 3 aliphatic rings. The summed E-state index contributed by atoms with van der Waals surface area (Å²) in [7, 11) is 2.20. The average molecular weight is 495 g/mol. The van der Waals surface area contributed by atoms with Gasteiger partial charge >= 0.3 is 0 Å². The summed E-state index contributed by atoms with van der Waals surface area (Å²) >= 11 is 0. The molecule has 0 spiro atoms. The third-order valence-corrected chi connectivity index (χ3v) is 7.94. The quantitative estimate of drug-likeness (QED) is 0.448. The van der Waals surface area contributed by atoms with E-state index in [0.717, 1.165) is 65.2 Å². The van der Waals surface area contributed by atoms with Crippen LogP contribution in [-0.4, -0.2) is 72.2 Å². The number of likely N-dealkylation sites (N-methyl/N-ethyl adjacent to an activating group) is 1. The van der Waals surface area contributed by atoms with Crippen LogP contribution < -0.4 is 4.74 Å². The number of nitrogens with one attached hydrogen (secondary N) is 1. The third-order valence-electron chi connectivity index (χ3n) is 7.94. The second-order valence-corrected chi connectivity index (χ2v) is 10.4. The van der Waals surface area contributed by atoms with Crippen molar-refractivity contribution in [2.24, 2.45) is 0 Å². The van der Waals surface area contributed by atoms with Crippen molar-refractivity contribution >= 4 is 16.9 Å². The normalized spacial score (nSPS) is 19.5. The zero-order valence-electron chi connectivity index (χ0n) is 21.0. The largest absolute Gasteiger partial charge is 0.493 e. The van der Waals surface area contributed by atoms with Crippen molar-refractivity contribution in [1.82, 2.24) is 19.8 Å². The predicted octanol–water partition coefficient (Wildman–Crippen LogP) is 4.68. The van der Waals surface area contributed by atoms with Crippen LogP contribution in [0.4, 0.5) is 0 Å². The minimum atomic E-state index is 0.0594. The molecule has 1 amide bonds. The Morgan fingerprint density at radius 3 is 2.70 bits per heavy atom. The molecule has 37 heavy (non-hydrogen) atoms. The van der Waals surface area contributed by atoms with Gasteiger partial charge in [0.15, 0.2) is 0 Å². The van der Waals surface area contributed by atoms with Gasteiger partial charge in [-0.15, -0.1) is 0 Å². The van der Waals surface area contributed by atoms with Gasteiger partial charge in [0, 0.05) is 72.1 Å². The van der Waals surface area contributed by atoms with E-state index in [0.29, 0.717) is 37.8 Å². The Kier molecular flexibility index (Phi) is 5.48. The van der Waals surface area contributed by atoms with Crippen molar-refractivity contribution < 1.29 is 14.3 Å². The second-order valence-electron chi connectivity index (χ2n) is 10.4. The summed E-state index contributed by atoms with van der Waals surface area (Å²) in [5, 5.41) is 1.06. The molecule has 3 aliphatic heterocycles. The topological polar surface area (TPSA) is 70.7 Å². The fourth-order valence-corrected chi connectivity index (χ4v) is 6.08. The highest BCUT2D eigenvalue weighted by Gasteiger charge is 2.30. The molecule has 1 unspecified atom stereocenters. The van der Waals surface area contributed by atoms with Gasteiger partial charge in [-0.25, -0.2) is 4.98 Å². The first-order valence-electron chi connectivity index (χ1n) is 13.1. The second kappa shape index (κ2) is 9.01. The fourth-order valence-electron chi connectivity index (χ4n) is 6.08. The van der Waals surface area contributed by atoms with E-state index < -0.39 is 0 Å². The number of hydrogen-bond donors (Lipinski definition) is 1. The van der Waals surface area contributed by atoms with Gasteiger partial charge in [0.1, 0.15) is 11.4 Å². The lowest BCUT2D eigenvalue weighted by Crippen LogP contribution is -2.40. The van der Waals surface area contributed by atoms with E-state index in [1.165, 1.54) is 11.1 Å². The smallest absolute Gasteiger partial charge is 0.254 e. The van der Waals surface area contributed by atoms with Crippen molar-refractivity contribution in [3.63, 3.8) is 0 Å². The molecule has 2 aromatic carbocycles. The molecule has 4 aromatic rings. The number of pyridine rings is 1. The number of fused-ring (bicyclic) bond motifs is 1. The number of nitrogens with zero attached hydrogens (tertiary/aromatic N) is 3. The number of carbonyl (C=O) groups is 1. The summed E-state index contributed by atoms with van der Waals surface area (Å²) in [6, 6.07) is 14.6. The Balaban J connectivity index is 1.23. The van der Waals surface area contributed by atoms with Crippen LogP contribution in [0.2, 0.25) is 0 Å². The van der Waals surface area contributed by atoms with Crippen LogP contribution in [0.1, 0.15) is 33.8 Å². The lowest BCUT2D eigenvalue weighted by Gasteiger charge is -2.36. The number of benzene rings is 2. The molecular formula is C30H30N4O3. The van der Waals surface area contributed by atoms with Gasteiger partial charge in [-0.05, 0) is 60.5 Å². The highest BCUT2D eigenvalue weighted by molar-refractivity contribution is 5.98. The lowest BCUT2D eigenvalue weighted by atomic mass is 9.84. The molecular weight excluding hydrogens is 464 g/mol. The van der Waals surface area contributed by atoms with Gasteiger partial charge in [-0.1, -0.05) is 12.1 Å². The average Bonchev–Trinajstić information content (AvgIpc) is 3.36. The van der Waals surface area contributed by atoms with Crippen molar-refractivity contribution in [3.8, 4) is 28.0 Å². The highest BCUT2D eigenvalue weighted by Crippen LogP contribution is 2.43. The number of rotatable bonds is 3. The summed E-state index contributed by atoms with van der Waals surface area (Å²) in [5.74, 6) is 1.65. The number of carbonyl (C=O) groups excluding carboxylic acids is 1. The maximum Gasteiger partial charge on any atom is 0.254 e. The number of H-pyrrole nitrogens is 1. The minimum Gasteiger partial charge on any atom is -0.493 e. The van der Waals surface area contributed by atoms with E-state index in [-0.39, 0.29) is 5.91 Å². The number of hydrogen-bond acceptors (Lipinski definition) is 5. The Labute approximate surface area is 216 Å². The molecule has 0 bridgehead atoms. The number of ether oxygens (including phenoxy) is 2. The van der Waals surface area contributed by atoms with Crippen LogP contribution in [0.25, 0.3) is 33.3 Å². The van der Waals surface area contributed by atoms with Crippen LogP contribution in [0.5, 0.6) is 5.75 Å². The summed E-state index contributed by atoms with van der Waals surface area (Å²) in [6.07, 6.45) is 5.02. The Hall–Kier alpha value is -3.68. The van der Waals surface area contributed by atoms with E-state index >= 15 is 0 Å². The third kappa shape index (κ3) is 3.99. The molecule has 0 aliphatic carbocycles. The van der Waals surface area contributed by atoms with Crippen molar-refractivity contribution in [1.29, 1.82) is 0 Å². The lowest BCUT2D eigenvalue weighted by molar-refractivity contribution is 0.0303. The maximum atomic E-state index is 12.9. The van der Waals surface area contributed by atoms with Gasteiger partial charge in [-0.2, -0.15) is 0 Å². The first kappa shape index (κ1) is 22.5. The van der Waals surface area contributed by atoms with Crippen LogP contribution in [0.15, 0.2) is 54.9 Å². The first-order chi connectivity index (χ1) is 18.1. The van der Waals surface area contributed by atoms with Crippen LogP contribution in [-0.2, 0) is 11.3 Å². The summed E-state index contributed by atoms with van der Waals surface area (Å²) in [5.41, 5.74) is 8.65. The zero-order valence-corrected chi connectivity index (χ0v) is 21.0. The summed E-state index contributed by atoms with van der Waals surface area (Å²) in [4.78, 5) is 25.2. The fraction of sp³-hybridized carbons (Fsp3) is 0.333.